The van der Waals surface area contributed by atoms with Crippen molar-refractivity contribution in [1.29, 1.82) is 0 Å². The van der Waals surface area contributed by atoms with E-state index in [1.54, 1.807) is 25.6 Å². The molecule has 0 spiro atoms. The number of hydrogen-bond donors (Lipinski definition) is 3. The second kappa shape index (κ2) is 10.4. The number of methoxy groups -OCH3 is 1. The Balaban J connectivity index is 1.17. The number of alkyl halides is 1. The molecule has 2 aliphatic heterocycles. The van der Waals surface area contributed by atoms with Crippen LogP contribution < -0.4 is 15.4 Å². The Kier molecular flexibility index (Phi) is 7.14. The Morgan fingerprint density at radius 2 is 2.23 bits per heavy atom. The first-order valence-electron chi connectivity index (χ1n) is 11.6. The maximum Gasteiger partial charge on any atom is 0.234 e. The molecule has 1 amide bonds. The second-order valence-corrected chi connectivity index (χ2v) is 9.85. The number of nitrogens with one attached hydrogen (secondary N) is 2. The fraction of sp³-hybridized carbons (Fsp3) is 0.400. The number of likely N-dealkylation sites (tertiary alicyclic amines) is 1. The number of halogens is 1. The molecule has 1 aromatic carbocycles. The van der Waals surface area contributed by atoms with E-state index in [4.69, 9.17) is 4.74 Å². The molecule has 2 aromatic heterocycles. The number of ether oxygens (including phenoxy) is 1. The lowest BCUT2D eigenvalue weighted by Crippen LogP contribution is -2.51. The van der Waals surface area contributed by atoms with Crippen LogP contribution in [0.2, 0.25) is 0 Å². The van der Waals surface area contributed by atoms with E-state index in [0.29, 0.717) is 43.2 Å². The minimum absolute atomic E-state index is 0.0355. The van der Waals surface area contributed by atoms with Crippen LogP contribution in [0.4, 0.5) is 10.1 Å². The first kappa shape index (κ1) is 23.9. The van der Waals surface area contributed by atoms with Gasteiger partial charge in [0.05, 0.1) is 30.2 Å². The zero-order valence-electron chi connectivity index (χ0n) is 19.4. The van der Waals surface area contributed by atoms with Crippen molar-refractivity contribution in [1.82, 2.24) is 20.2 Å². The number of β-amino-alcohol motifs (C(OH)–C–C–N with tert-alkyl or cyclic N) is 1. The number of carbonyl (C=O) groups is 1. The SMILES string of the molecule is COc1ccc2nccc([C@@H](O)CN3CC[C@H](NCc4cnc5c(c4)NC(=O)CS5)[C@@H](F)C3)c2c1. The summed E-state index contributed by atoms with van der Waals surface area (Å²) in [5, 5.41) is 18.7. The fourth-order valence-corrected chi connectivity index (χ4v) is 5.37. The predicted molar refractivity (Wildman–Crippen MR) is 133 cm³/mol. The zero-order chi connectivity index (χ0) is 24.4. The number of amides is 1. The topological polar surface area (TPSA) is 99.6 Å². The summed E-state index contributed by atoms with van der Waals surface area (Å²) in [5.74, 6) is 1.04. The van der Waals surface area contributed by atoms with Crippen LogP contribution in [0.5, 0.6) is 5.75 Å². The molecule has 3 atom stereocenters. The highest BCUT2D eigenvalue weighted by molar-refractivity contribution is 8.00. The maximum atomic E-state index is 15.0. The zero-order valence-corrected chi connectivity index (χ0v) is 20.2. The Bertz CT molecular complexity index is 1230. The van der Waals surface area contributed by atoms with Crippen LogP contribution in [0.3, 0.4) is 0 Å². The highest BCUT2D eigenvalue weighted by atomic mass is 32.2. The number of anilines is 1. The van der Waals surface area contributed by atoms with Crippen molar-refractivity contribution in [2.75, 3.05) is 37.8 Å². The van der Waals surface area contributed by atoms with Crippen LogP contribution in [0, 0.1) is 0 Å². The number of benzene rings is 1. The lowest BCUT2D eigenvalue weighted by atomic mass is 10.00. The van der Waals surface area contributed by atoms with Gasteiger partial charge in [0.15, 0.2) is 0 Å². The van der Waals surface area contributed by atoms with Crippen molar-refractivity contribution in [3.63, 3.8) is 0 Å². The highest BCUT2D eigenvalue weighted by Crippen LogP contribution is 2.30. The summed E-state index contributed by atoms with van der Waals surface area (Å²) in [6, 6.07) is 8.99. The van der Waals surface area contributed by atoms with Gasteiger partial charge in [-0.2, -0.15) is 0 Å². The number of piperidine rings is 1. The molecule has 4 heterocycles. The number of hydrogen-bond acceptors (Lipinski definition) is 8. The van der Waals surface area contributed by atoms with E-state index in [2.05, 4.69) is 20.6 Å². The normalized spacial score (nSPS) is 21.4. The molecular weight excluding hydrogens is 469 g/mol. The quantitative estimate of drug-likeness (QED) is 0.458. The van der Waals surface area contributed by atoms with Crippen LogP contribution in [0.25, 0.3) is 10.9 Å². The largest absolute Gasteiger partial charge is 0.497 e. The van der Waals surface area contributed by atoms with Gasteiger partial charge >= 0.3 is 0 Å². The summed E-state index contributed by atoms with van der Waals surface area (Å²) >= 11 is 1.42. The number of thioether (sulfide) groups is 1. The van der Waals surface area contributed by atoms with Gasteiger partial charge in [-0.3, -0.25) is 14.7 Å². The number of pyridine rings is 2. The van der Waals surface area contributed by atoms with E-state index in [1.807, 2.05) is 29.2 Å². The molecule has 0 saturated carbocycles. The highest BCUT2D eigenvalue weighted by Gasteiger charge is 2.30. The molecule has 8 nitrogen and oxygen atoms in total. The molecule has 0 aliphatic carbocycles. The first-order valence-corrected chi connectivity index (χ1v) is 12.6. The van der Waals surface area contributed by atoms with Crippen LogP contribution in [-0.4, -0.2) is 70.6 Å². The third kappa shape index (κ3) is 5.40. The summed E-state index contributed by atoms with van der Waals surface area (Å²) in [5.41, 5.74) is 3.15. The molecule has 5 rings (SSSR count). The van der Waals surface area contributed by atoms with Crippen LogP contribution in [0.1, 0.15) is 23.7 Å². The van der Waals surface area contributed by atoms with Crippen LogP contribution in [0.15, 0.2) is 47.8 Å². The summed E-state index contributed by atoms with van der Waals surface area (Å²) in [6.07, 6.45) is 2.25. The second-order valence-electron chi connectivity index (χ2n) is 8.88. The molecule has 0 radical (unpaired) electrons. The Hall–Kier alpha value is -2.79. The van der Waals surface area contributed by atoms with Crippen molar-refractivity contribution >= 4 is 34.3 Å². The summed E-state index contributed by atoms with van der Waals surface area (Å²) in [6.45, 7) is 1.74. The van der Waals surface area contributed by atoms with Crippen molar-refractivity contribution in [3.8, 4) is 5.75 Å². The molecule has 3 N–H and O–H groups in total. The average molecular weight is 498 g/mol. The van der Waals surface area contributed by atoms with Gasteiger partial charge in [0, 0.05) is 43.5 Å². The van der Waals surface area contributed by atoms with Gasteiger partial charge in [-0.1, -0.05) is 11.8 Å². The minimum atomic E-state index is -1.06. The number of fused-ring (bicyclic) bond motifs is 2. The average Bonchev–Trinajstić information content (AvgIpc) is 2.87. The molecular formula is C25H28FN5O3S. The Morgan fingerprint density at radius 3 is 3.06 bits per heavy atom. The molecule has 1 fully saturated rings. The molecule has 10 heteroatoms. The lowest BCUT2D eigenvalue weighted by Gasteiger charge is -2.36. The van der Waals surface area contributed by atoms with Gasteiger partial charge in [-0.05, 0) is 54.4 Å². The standard InChI is InChI=1S/C25H28FN5O3S/c1-34-16-2-3-20-18(9-16)17(4-6-27-20)23(32)13-31-7-5-21(19(26)12-31)28-10-15-8-22-25(29-11-15)35-14-24(33)30-22/h2-4,6,8-9,11,19,21,23,28,32H,5,7,10,12-14H2,1H3,(H,30,33)/t19-,21-,23-/m0/s1. The number of aromatic nitrogens is 2. The third-order valence-corrected chi connectivity index (χ3v) is 7.49. The maximum absolute atomic E-state index is 15.0. The van der Waals surface area contributed by atoms with Crippen molar-refractivity contribution in [3.05, 3.63) is 53.9 Å². The predicted octanol–water partition coefficient (Wildman–Crippen LogP) is 2.92. The Morgan fingerprint density at radius 1 is 1.34 bits per heavy atom. The first-order chi connectivity index (χ1) is 17.0. The molecule has 2 aliphatic rings. The molecule has 0 bridgehead atoms. The molecule has 3 aromatic rings. The van der Waals surface area contributed by atoms with E-state index < -0.39 is 12.3 Å². The summed E-state index contributed by atoms with van der Waals surface area (Å²) in [7, 11) is 1.60. The number of aliphatic hydroxyl groups is 1. The van der Waals surface area contributed by atoms with Crippen LogP contribution in [-0.2, 0) is 11.3 Å². The van der Waals surface area contributed by atoms with E-state index in [0.717, 1.165) is 27.1 Å². The van der Waals surface area contributed by atoms with Gasteiger partial charge in [0.1, 0.15) is 16.9 Å². The van der Waals surface area contributed by atoms with Crippen molar-refractivity contribution in [2.24, 2.45) is 0 Å². The number of rotatable bonds is 7. The van der Waals surface area contributed by atoms with E-state index >= 15 is 4.39 Å². The summed E-state index contributed by atoms with van der Waals surface area (Å²) in [4.78, 5) is 22.4. The minimum Gasteiger partial charge on any atom is -0.497 e. The molecule has 0 unspecified atom stereocenters. The van der Waals surface area contributed by atoms with Crippen molar-refractivity contribution < 1.29 is 19.0 Å². The smallest absolute Gasteiger partial charge is 0.234 e. The summed E-state index contributed by atoms with van der Waals surface area (Å²) < 4.78 is 20.4. The van der Waals surface area contributed by atoms with Gasteiger partial charge in [-0.25, -0.2) is 9.37 Å². The monoisotopic (exact) mass is 497 g/mol. The molecule has 1 saturated heterocycles. The number of carbonyl (C=O) groups excluding carboxylic acids is 1. The van der Waals surface area contributed by atoms with Gasteiger partial charge < -0.3 is 20.5 Å². The molecule has 184 valence electrons. The van der Waals surface area contributed by atoms with Crippen LogP contribution >= 0.6 is 11.8 Å². The third-order valence-electron chi connectivity index (χ3n) is 6.49. The van der Waals surface area contributed by atoms with E-state index in [-0.39, 0.29) is 18.5 Å². The fourth-order valence-electron chi connectivity index (χ4n) is 4.64. The van der Waals surface area contributed by atoms with Gasteiger partial charge in [0.25, 0.3) is 0 Å². The lowest BCUT2D eigenvalue weighted by molar-refractivity contribution is -0.113. The van der Waals surface area contributed by atoms with Gasteiger partial charge in [0.2, 0.25) is 5.91 Å². The Labute approximate surface area is 207 Å². The van der Waals surface area contributed by atoms with Crippen molar-refractivity contribution in [2.45, 2.75) is 36.3 Å². The number of nitrogens with zero attached hydrogens (tertiary/aromatic N) is 3. The number of aliphatic hydroxyl groups excluding tert-OH is 1. The van der Waals surface area contributed by atoms with E-state index in [9.17, 15) is 9.90 Å². The van der Waals surface area contributed by atoms with E-state index in [1.165, 1.54) is 11.8 Å². The van der Waals surface area contributed by atoms with Gasteiger partial charge in [-0.15, -0.1) is 0 Å². The molecule has 35 heavy (non-hydrogen) atoms.